The van der Waals surface area contributed by atoms with Crippen LogP contribution < -0.4 is 4.90 Å². The Hall–Kier alpha value is -1.53. The molecule has 0 saturated carbocycles. The average molecular weight is 324 g/mol. The molecule has 1 atom stereocenters. The first kappa shape index (κ1) is 14.4. The average Bonchev–Trinajstić information content (AvgIpc) is 3.04. The maximum Gasteiger partial charge on any atom is 0.240 e. The maximum atomic E-state index is 12.4. The lowest BCUT2D eigenvalue weighted by Gasteiger charge is -2.16. The highest BCUT2D eigenvalue weighted by Gasteiger charge is 2.33. The van der Waals surface area contributed by atoms with Crippen LogP contribution in [0.4, 0.5) is 5.69 Å². The van der Waals surface area contributed by atoms with Crippen molar-refractivity contribution in [3.05, 3.63) is 41.0 Å². The van der Waals surface area contributed by atoms with E-state index in [1.807, 2.05) is 12.1 Å². The van der Waals surface area contributed by atoms with Crippen molar-refractivity contribution in [1.29, 1.82) is 0 Å². The molecule has 1 fully saturated rings. The van der Waals surface area contributed by atoms with E-state index in [1.54, 1.807) is 35.7 Å². The molecule has 2 heterocycles. The molecule has 2 aromatic rings. The molecule has 0 spiro atoms. The molecule has 7 heteroatoms. The van der Waals surface area contributed by atoms with Crippen LogP contribution in [0, 0.1) is 6.92 Å². The summed E-state index contributed by atoms with van der Waals surface area (Å²) in [6, 6.07) is 7.34. The Balaban J connectivity index is 1.62. The molecule has 5 nitrogen and oxygen atoms in total. The van der Waals surface area contributed by atoms with Crippen molar-refractivity contribution in [2.75, 3.05) is 11.4 Å². The van der Waals surface area contributed by atoms with E-state index in [0.29, 0.717) is 22.5 Å². The minimum Gasteiger partial charge on any atom is -0.340 e. The lowest BCUT2D eigenvalue weighted by molar-refractivity contribution is -0.116. The van der Waals surface area contributed by atoms with Crippen LogP contribution in [0.25, 0.3) is 0 Å². The number of carbonyl (C=O) groups excluding carboxylic acids is 1. The number of halogens is 1. The number of benzene rings is 1. The number of amides is 1. The molecule has 21 heavy (non-hydrogen) atoms. The molecular formula is C14H14ClN3O2S. The fraction of sp³-hybridized carbons (Fsp3) is 0.357. The summed E-state index contributed by atoms with van der Waals surface area (Å²) in [7, 11) is 0. The standard InChI is InChI=1S/C14H14ClN3O2S/c1-9-16-13(17-20-9)8-21-12-6-7-18(14(12)19)11-4-2-10(15)3-5-11/h2-5,12H,6-8H2,1H3/t12-/m1/s1. The normalized spacial score (nSPS) is 18.5. The highest BCUT2D eigenvalue weighted by atomic mass is 35.5. The summed E-state index contributed by atoms with van der Waals surface area (Å²) < 4.78 is 4.93. The summed E-state index contributed by atoms with van der Waals surface area (Å²) in [6.45, 7) is 2.48. The van der Waals surface area contributed by atoms with Crippen LogP contribution in [-0.2, 0) is 10.5 Å². The van der Waals surface area contributed by atoms with Gasteiger partial charge in [0.2, 0.25) is 11.8 Å². The van der Waals surface area contributed by atoms with Crippen molar-refractivity contribution in [1.82, 2.24) is 10.1 Å². The second kappa shape index (κ2) is 6.07. The summed E-state index contributed by atoms with van der Waals surface area (Å²) in [6.07, 6.45) is 0.822. The molecule has 3 rings (SSSR count). The van der Waals surface area contributed by atoms with Gasteiger partial charge in [0.15, 0.2) is 5.82 Å². The Morgan fingerprint density at radius 2 is 2.19 bits per heavy atom. The van der Waals surface area contributed by atoms with E-state index in [2.05, 4.69) is 10.1 Å². The van der Waals surface area contributed by atoms with Gasteiger partial charge in [-0.15, -0.1) is 11.8 Å². The predicted octanol–water partition coefficient (Wildman–Crippen LogP) is 3.07. The Morgan fingerprint density at radius 3 is 2.86 bits per heavy atom. The minimum atomic E-state index is -0.0560. The van der Waals surface area contributed by atoms with E-state index in [-0.39, 0.29) is 11.2 Å². The first-order valence-corrected chi connectivity index (χ1v) is 8.04. The Labute approximate surface area is 131 Å². The number of nitrogens with zero attached hydrogens (tertiary/aromatic N) is 3. The van der Waals surface area contributed by atoms with Crippen molar-refractivity contribution in [2.24, 2.45) is 0 Å². The van der Waals surface area contributed by atoms with Crippen LogP contribution in [0.1, 0.15) is 18.1 Å². The number of carbonyl (C=O) groups is 1. The molecule has 0 unspecified atom stereocenters. The van der Waals surface area contributed by atoms with Crippen LogP contribution in [0.2, 0.25) is 5.02 Å². The molecule has 1 aliphatic rings. The fourth-order valence-corrected chi connectivity index (χ4v) is 3.40. The second-order valence-corrected chi connectivity index (χ2v) is 6.41. The number of thioether (sulfide) groups is 1. The van der Waals surface area contributed by atoms with Crippen molar-refractivity contribution in [2.45, 2.75) is 24.3 Å². The minimum absolute atomic E-state index is 0.0560. The number of hydrogen-bond donors (Lipinski definition) is 0. The highest BCUT2D eigenvalue weighted by molar-refractivity contribution is 7.99. The third-order valence-electron chi connectivity index (χ3n) is 3.28. The molecule has 0 N–H and O–H groups in total. The van der Waals surface area contributed by atoms with Crippen LogP contribution in [0.3, 0.4) is 0 Å². The van der Waals surface area contributed by atoms with Gasteiger partial charge in [-0.25, -0.2) is 0 Å². The molecule has 1 saturated heterocycles. The summed E-state index contributed by atoms with van der Waals surface area (Å²) >= 11 is 7.43. The quantitative estimate of drug-likeness (QED) is 0.865. The largest absolute Gasteiger partial charge is 0.340 e. The van der Waals surface area contributed by atoms with E-state index >= 15 is 0 Å². The smallest absolute Gasteiger partial charge is 0.240 e. The van der Waals surface area contributed by atoms with Crippen LogP contribution >= 0.6 is 23.4 Å². The zero-order valence-corrected chi connectivity index (χ0v) is 13.0. The number of rotatable bonds is 4. The van der Waals surface area contributed by atoms with Gasteiger partial charge in [0, 0.05) is 24.2 Å². The van der Waals surface area contributed by atoms with Gasteiger partial charge < -0.3 is 9.42 Å². The summed E-state index contributed by atoms with van der Waals surface area (Å²) in [5.41, 5.74) is 0.892. The van der Waals surface area contributed by atoms with Gasteiger partial charge in [-0.1, -0.05) is 16.8 Å². The first-order chi connectivity index (χ1) is 10.1. The van der Waals surface area contributed by atoms with Crippen LogP contribution in [0.15, 0.2) is 28.8 Å². The van der Waals surface area contributed by atoms with E-state index in [0.717, 1.165) is 18.7 Å². The molecular weight excluding hydrogens is 310 g/mol. The fourth-order valence-electron chi connectivity index (χ4n) is 2.26. The molecule has 0 radical (unpaired) electrons. The molecule has 1 aromatic carbocycles. The molecule has 0 bridgehead atoms. The third-order valence-corrected chi connectivity index (χ3v) is 4.79. The van der Waals surface area contributed by atoms with Gasteiger partial charge in [-0.05, 0) is 30.7 Å². The molecule has 0 aliphatic carbocycles. The summed E-state index contributed by atoms with van der Waals surface area (Å²) in [5.74, 6) is 1.89. The number of aromatic nitrogens is 2. The lowest BCUT2D eigenvalue weighted by atomic mass is 10.3. The van der Waals surface area contributed by atoms with Gasteiger partial charge in [0.1, 0.15) is 0 Å². The SMILES string of the molecule is Cc1nc(CS[C@@H]2CCN(c3ccc(Cl)cc3)C2=O)no1. The van der Waals surface area contributed by atoms with E-state index < -0.39 is 0 Å². The molecule has 1 aliphatic heterocycles. The molecule has 1 aromatic heterocycles. The van der Waals surface area contributed by atoms with Gasteiger partial charge in [-0.2, -0.15) is 4.98 Å². The van der Waals surface area contributed by atoms with Gasteiger partial charge in [0.05, 0.1) is 11.0 Å². The van der Waals surface area contributed by atoms with Crippen molar-refractivity contribution >= 4 is 35.0 Å². The van der Waals surface area contributed by atoms with E-state index in [9.17, 15) is 4.79 Å². The number of anilines is 1. The number of hydrogen-bond acceptors (Lipinski definition) is 5. The van der Waals surface area contributed by atoms with Gasteiger partial charge >= 0.3 is 0 Å². The van der Waals surface area contributed by atoms with E-state index in [1.165, 1.54) is 0 Å². The molecule has 1 amide bonds. The molecule has 110 valence electrons. The van der Waals surface area contributed by atoms with Gasteiger partial charge in [0.25, 0.3) is 0 Å². The summed E-state index contributed by atoms with van der Waals surface area (Å²) in [5, 5.41) is 4.46. The van der Waals surface area contributed by atoms with Crippen LogP contribution in [0.5, 0.6) is 0 Å². The topological polar surface area (TPSA) is 59.2 Å². The van der Waals surface area contributed by atoms with Crippen molar-refractivity contribution < 1.29 is 9.32 Å². The van der Waals surface area contributed by atoms with Crippen molar-refractivity contribution in [3.8, 4) is 0 Å². The van der Waals surface area contributed by atoms with Gasteiger partial charge in [-0.3, -0.25) is 4.79 Å². The summed E-state index contributed by atoms with van der Waals surface area (Å²) in [4.78, 5) is 18.4. The Morgan fingerprint density at radius 1 is 1.43 bits per heavy atom. The zero-order valence-electron chi connectivity index (χ0n) is 11.5. The predicted molar refractivity (Wildman–Crippen MR) is 82.5 cm³/mol. The first-order valence-electron chi connectivity index (χ1n) is 6.61. The third kappa shape index (κ3) is 3.22. The highest BCUT2D eigenvalue weighted by Crippen LogP contribution is 2.30. The lowest BCUT2D eigenvalue weighted by Crippen LogP contribution is -2.28. The van der Waals surface area contributed by atoms with E-state index in [4.69, 9.17) is 16.1 Å². The number of aryl methyl sites for hydroxylation is 1. The van der Waals surface area contributed by atoms with Crippen molar-refractivity contribution in [3.63, 3.8) is 0 Å². The second-order valence-electron chi connectivity index (χ2n) is 4.78. The Bertz CT molecular complexity index is 644. The maximum absolute atomic E-state index is 12.4. The monoisotopic (exact) mass is 323 g/mol. The van der Waals surface area contributed by atoms with Crippen LogP contribution in [-0.4, -0.2) is 27.8 Å². The Kier molecular flexibility index (Phi) is 4.17. The zero-order chi connectivity index (χ0) is 14.8.